The average molecular weight is 402 g/mol. The van der Waals surface area contributed by atoms with Crippen molar-refractivity contribution >= 4 is 16.7 Å². The Morgan fingerprint density at radius 2 is 1.87 bits per heavy atom. The van der Waals surface area contributed by atoms with Gasteiger partial charge in [0.05, 0.1) is 23.5 Å². The normalized spacial score (nSPS) is 11.0. The Morgan fingerprint density at radius 3 is 2.63 bits per heavy atom. The van der Waals surface area contributed by atoms with Crippen LogP contribution in [0.1, 0.15) is 17.0 Å². The van der Waals surface area contributed by atoms with Crippen molar-refractivity contribution in [3.63, 3.8) is 0 Å². The standard InChI is InChI=1S/C23H23N5O2/c1-15-20(16(2)27(3)25-15)13-24-22(29)14-28-23(30)12-11-21(26-28)19-10-6-8-17-7-4-5-9-18(17)19/h4-12H,13-14H2,1-3H3,(H,24,29)/p+1. The van der Waals surface area contributed by atoms with E-state index < -0.39 is 0 Å². The second kappa shape index (κ2) is 7.94. The number of carbonyl (C=O) groups excluding carboxylic acids is 1. The van der Waals surface area contributed by atoms with Crippen LogP contribution in [-0.4, -0.2) is 20.8 Å². The van der Waals surface area contributed by atoms with Crippen molar-refractivity contribution in [1.82, 2.24) is 20.2 Å². The molecule has 0 unspecified atom stereocenters. The van der Waals surface area contributed by atoms with Gasteiger partial charge in [0.1, 0.15) is 6.54 Å². The zero-order chi connectivity index (χ0) is 21.3. The second-order valence-electron chi connectivity index (χ2n) is 7.38. The predicted molar refractivity (Wildman–Crippen MR) is 115 cm³/mol. The van der Waals surface area contributed by atoms with Crippen LogP contribution in [0.2, 0.25) is 0 Å². The topological polar surface area (TPSA) is 83.7 Å². The molecule has 0 aliphatic rings. The Labute approximate surface area is 174 Å². The second-order valence-corrected chi connectivity index (χ2v) is 7.38. The summed E-state index contributed by atoms with van der Waals surface area (Å²) < 4.78 is 3.12. The molecule has 0 atom stereocenters. The van der Waals surface area contributed by atoms with Gasteiger partial charge in [-0.2, -0.15) is 10.2 Å². The van der Waals surface area contributed by atoms with Crippen LogP contribution in [-0.2, 0) is 24.9 Å². The first-order valence-electron chi connectivity index (χ1n) is 9.81. The van der Waals surface area contributed by atoms with E-state index in [-0.39, 0.29) is 18.0 Å². The van der Waals surface area contributed by atoms with Gasteiger partial charge in [0, 0.05) is 18.6 Å². The lowest BCUT2D eigenvalue weighted by Gasteiger charge is -2.10. The lowest BCUT2D eigenvalue weighted by atomic mass is 10.0. The maximum Gasteiger partial charge on any atom is 0.267 e. The smallest absolute Gasteiger partial charge is 0.267 e. The van der Waals surface area contributed by atoms with Gasteiger partial charge < -0.3 is 5.32 Å². The van der Waals surface area contributed by atoms with Gasteiger partial charge in [-0.1, -0.05) is 42.5 Å². The first-order chi connectivity index (χ1) is 14.4. The van der Waals surface area contributed by atoms with Gasteiger partial charge in [-0.05, 0) is 23.8 Å². The van der Waals surface area contributed by atoms with E-state index in [9.17, 15) is 9.59 Å². The zero-order valence-electron chi connectivity index (χ0n) is 17.3. The molecule has 2 N–H and O–H groups in total. The monoisotopic (exact) mass is 402 g/mol. The highest BCUT2D eigenvalue weighted by Gasteiger charge is 2.17. The zero-order valence-corrected chi connectivity index (χ0v) is 17.3. The SMILES string of the molecule is Cc1[nH][n+](C)c(C)c1CNC(=O)Cn1nc(-c2cccc3ccccc23)ccc1=O. The number of carbonyl (C=O) groups is 1. The third-order valence-corrected chi connectivity index (χ3v) is 5.42. The lowest BCUT2D eigenvalue weighted by Crippen LogP contribution is -2.34. The summed E-state index contributed by atoms with van der Waals surface area (Å²) in [7, 11) is 1.93. The molecule has 0 radical (unpaired) electrons. The quantitative estimate of drug-likeness (QED) is 0.502. The van der Waals surface area contributed by atoms with Gasteiger partial charge in [-0.3, -0.25) is 9.59 Å². The molecule has 0 saturated carbocycles. The molecule has 0 spiro atoms. The van der Waals surface area contributed by atoms with Crippen molar-refractivity contribution in [2.24, 2.45) is 7.05 Å². The average Bonchev–Trinajstić information content (AvgIpc) is 2.99. The van der Waals surface area contributed by atoms with E-state index in [0.717, 1.165) is 33.3 Å². The fraction of sp³-hybridized carbons (Fsp3) is 0.217. The molecule has 0 bridgehead atoms. The Bertz CT molecular complexity index is 1300. The Hall–Kier alpha value is -3.74. The molecule has 7 nitrogen and oxygen atoms in total. The maximum absolute atomic E-state index is 12.5. The van der Waals surface area contributed by atoms with Crippen LogP contribution >= 0.6 is 0 Å². The van der Waals surface area contributed by atoms with Crippen LogP contribution in [0.25, 0.3) is 22.0 Å². The van der Waals surface area contributed by atoms with Crippen LogP contribution in [0.5, 0.6) is 0 Å². The number of H-pyrrole nitrogens is 1. The Kier molecular flexibility index (Phi) is 5.18. The van der Waals surface area contributed by atoms with E-state index in [1.807, 2.05) is 68.0 Å². The van der Waals surface area contributed by atoms with E-state index in [2.05, 4.69) is 15.5 Å². The van der Waals surface area contributed by atoms with Gasteiger partial charge in [0.25, 0.3) is 5.56 Å². The number of nitrogens with zero attached hydrogens (tertiary/aromatic N) is 3. The van der Waals surface area contributed by atoms with Crippen molar-refractivity contribution in [1.29, 1.82) is 0 Å². The summed E-state index contributed by atoms with van der Waals surface area (Å²) in [5, 5.41) is 12.7. The molecule has 7 heteroatoms. The molecule has 1 amide bonds. The molecule has 30 heavy (non-hydrogen) atoms. The van der Waals surface area contributed by atoms with E-state index in [1.165, 1.54) is 10.7 Å². The third kappa shape index (κ3) is 3.74. The molecule has 0 fully saturated rings. The summed E-state index contributed by atoms with van der Waals surface area (Å²) in [5.41, 5.74) is 4.37. The minimum absolute atomic E-state index is 0.133. The number of aromatic nitrogens is 4. The minimum Gasteiger partial charge on any atom is -0.350 e. The summed E-state index contributed by atoms with van der Waals surface area (Å²) in [6.07, 6.45) is 0. The summed E-state index contributed by atoms with van der Waals surface area (Å²) in [6, 6.07) is 17.1. The highest BCUT2D eigenvalue weighted by atomic mass is 16.2. The van der Waals surface area contributed by atoms with Gasteiger partial charge in [-0.15, -0.1) is 4.68 Å². The summed E-state index contributed by atoms with van der Waals surface area (Å²) in [5.74, 6) is -0.262. The minimum atomic E-state index is -0.311. The van der Waals surface area contributed by atoms with E-state index in [1.54, 1.807) is 6.07 Å². The van der Waals surface area contributed by atoms with Gasteiger partial charge in [0.15, 0.2) is 7.05 Å². The number of hydrogen-bond acceptors (Lipinski definition) is 3. The number of hydrogen-bond donors (Lipinski definition) is 2. The number of aryl methyl sites for hydroxylation is 2. The summed E-state index contributed by atoms with van der Waals surface area (Å²) >= 11 is 0. The fourth-order valence-corrected chi connectivity index (χ4v) is 3.67. The van der Waals surface area contributed by atoms with Crippen molar-refractivity contribution in [3.05, 3.63) is 81.9 Å². The molecule has 2 heterocycles. The molecular formula is C23H24N5O2+. The molecule has 0 aliphatic heterocycles. The van der Waals surface area contributed by atoms with Crippen molar-refractivity contribution in [3.8, 4) is 11.3 Å². The summed E-state index contributed by atoms with van der Waals surface area (Å²) in [4.78, 5) is 24.8. The van der Waals surface area contributed by atoms with Gasteiger partial charge in [0.2, 0.25) is 11.6 Å². The number of benzene rings is 2. The molecular weight excluding hydrogens is 378 g/mol. The number of fused-ring (bicyclic) bond motifs is 1. The number of aromatic amines is 1. The predicted octanol–water partition coefficient (Wildman–Crippen LogP) is 2.15. The van der Waals surface area contributed by atoms with Gasteiger partial charge >= 0.3 is 0 Å². The molecule has 2 aromatic carbocycles. The van der Waals surface area contributed by atoms with E-state index in [0.29, 0.717) is 12.2 Å². The highest BCUT2D eigenvalue weighted by Crippen LogP contribution is 2.26. The van der Waals surface area contributed by atoms with Crippen LogP contribution in [0.15, 0.2) is 59.4 Å². The maximum atomic E-state index is 12.5. The van der Waals surface area contributed by atoms with Crippen molar-refractivity contribution in [2.75, 3.05) is 0 Å². The van der Waals surface area contributed by atoms with Crippen LogP contribution in [0.4, 0.5) is 0 Å². The fourth-order valence-electron chi connectivity index (χ4n) is 3.67. The molecule has 4 rings (SSSR count). The Morgan fingerprint density at radius 1 is 1.10 bits per heavy atom. The number of nitrogens with one attached hydrogen (secondary N) is 2. The van der Waals surface area contributed by atoms with E-state index >= 15 is 0 Å². The number of rotatable bonds is 5. The van der Waals surface area contributed by atoms with Crippen molar-refractivity contribution < 1.29 is 9.48 Å². The lowest BCUT2D eigenvalue weighted by molar-refractivity contribution is -0.732. The van der Waals surface area contributed by atoms with E-state index in [4.69, 9.17) is 0 Å². The van der Waals surface area contributed by atoms with Gasteiger partial charge in [-0.25, -0.2) is 4.68 Å². The van der Waals surface area contributed by atoms with Crippen LogP contribution in [0, 0.1) is 13.8 Å². The first-order valence-corrected chi connectivity index (χ1v) is 9.81. The number of amides is 1. The first kappa shape index (κ1) is 19.6. The molecule has 0 aliphatic carbocycles. The summed E-state index contributed by atoms with van der Waals surface area (Å²) in [6.45, 7) is 4.22. The molecule has 2 aromatic heterocycles. The van der Waals surface area contributed by atoms with Crippen LogP contribution < -0.4 is 15.6 Å². The Balaban J connectivity index is 1.56. The highest BCUT2D eigenvalue weighted by molar-refractivity contribution is 5.95. The molecule has 0 saturated heterocycles. The van der Waals surface area contributed by atoms with Crippen molar-refractivity contribution in [2.45, 2.75) is 26.9 Å². The largest absolute Gasteiger partial charge is 0.350 e. The molecule has 152 valence electrons. The molecule has 4 aromatic rings. The third-order valence-electron chi connectivity index (χ3n) is 5.42. The van der Waals surface area contributed by atoms with Crippen LogP contribution in [0.3, 0.4) is 0 Å².